The van der Waals surface area contributed by atoms with Gasteiger partial charge >= 0.3 is 0 Å². The summed E-state index contributed by atoms with van der Waals surface area (Å²) in [5, 5.41) is 9.82. The Morgan fingerprint density at radius 1 is 1.11 bits per heavy atom. The minimum atomic E-state index is -0.139. The Morgan fingerprint density at radius 2 is 1.78 bits per heavy atom. The summed E-state index contributed by atoms with van der Waals surface area (Å²) in [5.74, 6) is 0. The molecule has 1 radical (unpaired) electrons. The normalized spacial score (nSPS) is 12.7. The standard InChI is InChI=1S/C8H11O/c1-2-3-4-5-6-7-8-9/h2-7H,8H2,1H3. The lowest BCUT2D eigenvalue weighted by Crippen LogP contribution is -1.63. The highest BCUT2D eigenvalue weighted by atomic mass is 16.2. The molecule has 0 spiro atoms. The predicted molar refractivity (Wildman–Crippen MR) is 38.6 cm³/mol. The van der Waals surface area contributed by atoms with E-state index in [1.54, 1.807) is 12.2 Å². The highest BCUT2D eigenvalue weighted by molar-refractivity contribution is 5.10. The van der Waals surface area contributed by atoms with Gasteiger partial charge in [0.2, 0.25) is 0 Å². The van der Waals surface area contributed by atoms with E-state index in [1.165, 1.54) is 0 Å². The molecule has 1 heteroatoms. The molecule has 0 heterocycles. The molecule has 0 aliphatic heterocycles. The van der Waals surface area contributed by atoms with Crippen molar-refractivity contribution in [3.8, 4) is 0 Å². The fraction of sp³-hybridized carbons (Fsp3) is 0.250. The van der Waals surface area contributed by atoms with Crippen LogP contribution in [0, 0.1) is 0 Å². The zero-order valence-electron chi connectivity index (χ0n) is 5.58. The molecule has 0 N–H and O–H groups in total. The molecule has 0 aliphatic rings. The molecule has 0 saturated carbocycles. The lowest BCUT2D eigenvalue weighted by molar-refractivity contribution is 0.232. The van der Waals surface area contributed by atoms with Crippen LogP contribution >= 0.6 is 0 Å². The van der Waals surface area contributed by atoms with Crippen molar-refractivity contribution < 1.29 is 5.11 Å². The van der Waals surface area contributed by atoms with Crippen molar-refractivity contribution in [1.82, 2.24) is 0 Å². The van der Waals surface area contributed by atoms with E-state index < -0.39 is 0 Å². The molecule has 0 amide bonds. The molecule has 0 saturated heterocycles. The van der Waals surface area contributed by atoms with Gasteiger partial charge in [0.1, 0.15) is 6.61 Å². The second kappa shape index (κ2) is 7.18. The third-order valence-electron chi connectivity index (χ3n) is 0.758. The third-order valence-corrected chi connectivity index (χ3v) is 0.758. The van der Waals surface area contributed by atoms with Gasteiger partial charge in [-0.25, -0.2) is 5.11 Å². The van der Waals surface area contributed by atoms with Crippen LogP contribution in [0.2, 0.25) is 0 Å². The summed E-state index contributed by atoms with van der Waals surface area (Å²) in [7, 11) is 0. The number of hydrogen-bond donors (Lipinski definition) is 0. The van der Waals surface area contributed by atoms with E-state index in [0.29, 0.717) is 0 Å². The molecule has 0 unspecified atom stereocenters. The summed E-state index contributed by atoms with van der Waals surface area (Å²) < 4.78 is 0. The average Bonchev–Trinajstić information content (AvgIpc) is 1.89. The number of rotatable bonds is 3. The summed E-state index contributed by atoms with van der Waals surface area (Å²) in [5.41, 5.74) is 0. The van der Waals surface area contributed by atoms with Gasteiger partial charge in [0.15, 0.2) is 0 Å². The van der Waals surface area contributed by atoms with Gasteiger partial charge in [0.25, 0.3) is 0 Å². The van der Waals surface area contributed by atoms with Crippen LogP contribution in [-0.2, 0) is 5.11 Å². The second-order valence-corrected chi connectivity index (χ2v) is 1.51. The van der Waals surface area contributed by atoms with Gasteiger partial charge < -0.3 is 0 Å². The van der Waals surface area contributed by atoms with Gasteiger partial charge in [-0.1, -0.05) is 36.5 Å². The smallest absolute Gasteiger partial charge is 0.101 e. The van der Waals surface area contributed by atoms with Gasteiger partial charge in [-0.2, -0.15) is 0 Å². The summed E-state index contributed by atoms with van der Waals surface area (Å²) in [4.78, 5) is 0. The van der Waals surface area contributed by atoms with Gasteiger partial charge in [-0.05, 0) is 6.92 Å². The fourth-order valence-electron chi connectivity index (χ4n) is 0.374. The first-order valence-electron chi connectivity index (χ1n) is 2.94. The summed E-state index contributed by atoms with van der Waals surface area (Å²) in [6.07, 6.45) is 10.9. The molecular weight excluding hydrogens is 112 g/mol. The topological polar surface area (TPSA) is 19.9 Å². The van der Waals surface area contributed by atoms with Crippen LogP contribution in [0.1, 0.15) is 6.92 Å². The van der Waals surface area contributed by atoms with Crippen LogP contribution in [0.3, 0.4) is 0 Å². The molecule has 0 aliphatic carbocycles. The lowest BCUT2D eigenvalue weighted by atomic mass is 10.4. The van der Waals surface area contributed by atoms with E-state index >= 15 is 0 Å². The van der Waals surface area contributed by atoms with Crippen LogP contribution in [0.25, 0.3) is 0 Å². The summed E-state index contributed by atoms with van der Waals surface area (Å²) in [6, 6.07) is 0. The van der Waals surface area contributed by atoms with E-state index in [-0.39, 0.29) is 6.61 Å². The molecule has 49 valence electrons. The number of hydrogen-bond acceptors (Lipinski definition) is 0. The van der Waals surface area contributed by atoms with Crippen molar-refractivity contribution >= 4 is 0 Å². The first kappa shape index (κ1) is 8.18. The van der Waals surface area contributed by atoms with E-state index in [1.807, 2.05) is 31.2 Å². The quantitative estimate of drug-likeness (QED) is 0.512. The van der Waals surface area contributed by atoms with E-state index in [9.17, 15) is 5.11 Å². The zero-order valence-corrected chi connectivity index (χ0v) is 5.58. The van der Waals surface area contributed by atoms with Crippen molar-refractivity contribution in [2.45, 2.75) is 6.92 Å². The molecular formula is C8H11O. The van der Waals surface area contributed by atoms with Gasteiger partial charge in [0.05, 0.1) is 0 Å². The lowest BCUT2D eigenvalue weighted by Gasteiger charge is -1.71. The van der Waals surface area contributed by atoms with Crippen LogP contribution in [0.5, 0.6) is 0 Å². The first-order valence-corrected chi connectivity index (χ1v) is 2.94. The largest absolute Gasteiger partial charge is 0.232 e. The predicted octanol–water partition coefficient (Wildman–Crippen LogP) is 2.11. The second-order valence-electron chi connectivity index (χ2n) is 1.51. The monoisotopic (exact) mass is 123 g/mol. The zero-order chi connectivity index (χ0) is 6.95. The Hall–Kier alpha value is -0.820. The maximum absolute atomic E-state index is 9.82. The maximum atomic E-state index is 9.82. The highest BCUT2D eigenvalue weighted by Crippen LogP contribution is 1.78. The molecule has 0 aromatic carbocycles. The molecule has 0 atom stereocenters. The number of allylic oxidation sites excluding steroid dienone is 5. The average molecular weight is 123 g/mol. The van der Waals surface area contributed by atoms with E-state index in [0.717, 1.165) is 0 Å². The maximum Gasteiger partial charge on any atom is 0.101 e. The van der Waals surface area contributed by atoms with E-state index in [4.69, 9.17) is 0 Å². The van der Waals surface area contributed by atoms with Crippen LogP contribution in [0.15, 0.2) is 36.5 Å². The Balaban J connectivity index is 3.35. The van der Waals surface area contributed by atoms with Gasteiger partial charge in [0, 0.05) is 0 Å². The summed E-state index contributed by atoms with van der Waals surface area (Å²) in [6.45, 7) is 1.81. The highest BCUT2D eigenvalue weighted by Gasteiger charge is 1.62. The summed E-state index contributed by atoms with van der Waals surface area (Å²) >= 11 is 0. The Bertz CT molecular complexity index is 121. The van der Waals surface area contributed by atoms with Crippen LogP contribution in [-0.4, -0.2) is 6.61 Å². The molecule has 1 nitrogen and oxygen atoms in total. The first-order chi connectivity index (χ1) is 4.41. The van der Waals surface area contributed by atoms with Crippen molar-refractivity contribution in [1.29, 1.82) is 0 Å². The minimum Gasteiger partial charge on any atom is -0.232 e. The minimum absolute atomic E-state index is 0.139. The van der Waals surface area contributed by atoms with Crippen molar-refractivity contribution in [3.63, 3.8) is 0 Å². The molecule has 0 fully saturated rings. The van der Waals surface area contributed by atoms with Crippen LogP contribution in [0.4, 0.5) is 0 Å². The Morgan fingerprint density at radius 3 is 2.33 bits per heavy atom. The molecule has 9 heavy (non-hydrogen) atoms. The molecule has 0 bridgehead atoms. The molecule has 0 aromatic heterocycles. The van der Waals surface area contributed by atoms with Crippen molar-refractivity contribution in [2.24, 2.45) is 0 Å². The van der Waals surface area contributed by atoms with E-state index in [2.05, 4.69) is 0 Å². The van der Waals surface area contributed by atoms with Crippen LogP contribution < -0.4 is 0 Å². The Labute approximate surface area is 56.0 Å². The SMILES string of the molecule is CC=CC=CC=CC[O]. The third kappa shape index (κ3) is 7.18. The van der Waals surface area contributed by atoms with Gasteiger partial charge in [-0.15, -0.1) is 0 Å². The fourth-order valence-corrected chi connectivity index (χ4v) is 0.374. The molecule has 0 aromatic rings. The van der Waals surface area contributed by atoms with Gasteiger partial charge in [-0.3, -0.25) is 0 Å². The van der Waals surface area contributed by atoms with Crippen molar-refractivity contribution in [3.05, 3.63) is 36.5 Å². The van der Waals surface area contributed by atoms with Crippen molar-refractivity contribution in [2.75, 3.05) is 6.61 Å². The molecule has 0 rings (SSSR count). The Kier molecular flexibility index (Phi) is 6.53.